The average molecular weight is 421 g/mol. The van der Waals surface area contributed by atoms with E-state index in [4.69, 9.17) is 9.90 Å². The number of rotatable bonds is 4. The van der Waals surface area contributed by atoms with Crippen molar-refractivity contribution in [3.05, 3.63) is 89.7 Å². The second-order valence-electron chi connectivity index (χ2n) is 7.47. The summed E-state index contributed by atoms with van der Waals surface area (Å²) < 4.78 is 13.1. The maximum absolute atomic E-state index is 13.1. The Morgan fingerprint density at radius 3 is 2.10 bits per heavy atom. The Morgan fingerprint density at radius 1 is 0.968 bits per heavy atom. The summed E-state index contributed by atoms with van der Waals surface area (Å²) >= 11 is 0. The van der Waals surface area contributed by atoms with Crippen molar-refractivity contribution in [3.8, 4) is 16.9 Å². The minimum Gasteiger partial charge on any atom is -0.508 e. The molecule has 0 bridgehead atoms. The fourth-order valence-corrected chi connectivity index (χ4v) is 3.78. The van der Waals surface area contributed by atoms with Crippen molar-refractivity contribution >= 4 is 12.4 Å². The van der Waals surface area contributed by atoms with Crippen molar-refractivity contribution in [2.24, 2.45) is 5.92 Å². The third kappa shape index (κ3) is 5.92. The van der Waals surface area contributed by atoms with E-state index in [9.17, 15) is 14.3 Å². The highest BCUT2D eigenvalue weighted by Gasteiger charge is 2.27. The van der Waals surface area contributed by atoms with Crippen molar-refractivity contribution in [3.63, 3.8) is 0 Å². The molecule has 0 aliphatic carbocycles. The summed E-state index contributed by atoms with van der Waals surface area (Å²) in [7, 11) is 0. The van der Waals surface area contributed by atoms with Gasteiger partial charge in [-0.15, -0.1) is 0 Å². The van der Waals surface area contributed by atoms with E-state index in [0.29, 0.717) is 11.5 Å². The van der Waals surface area contributed by atoms with Crippen LogP contribution in [0.2, 0.25) is 0 Å². The van der Waals surface area contributed by atoms with Crippen LogP contribution in [0, 0.1) is 11.7 Å². The molecule has 4 rings (SSSR count). The van der Waals surface area contributed by atoms with E-state index in [1.807, 2.05) is 41.3 Å². The predicted molar refractivity (Wildman–Crippen MR) is 116 cm³/mol. The van der Waals surface area contributed by atoms with Crippen LogP contribution < -0.4 is 0 Å². The number of carbonyl (C=O) groups excluding carboxylic acids is 1. The fraction of sp³-hybridized carbons (Fsp3) is 0.200. The molecule has 160 valence electrons. The highest BCUT2D eigenvalue weighted by atomic mass is 19.1. The number of carbonyl (C=O) groups is 2. The molecule has 0 saturated carbocycles. The quantitative estimate of drug-likeness (QED) is 0.604. The molecule has 3 aromatic carbocycles. The molecule has 6 heteroatoms. The molecule has 1 unspecified atom stereocenters. The zero-order valence-corrected chi connectivity index (χ0v) is 16.9. The molecule has 1 saturated heterocycles. The van der Waals surface area contributed by atoms with Crippen LogP contribution in [0.4, 0.5) is 4.39 Å². The third-order valence-electron chi connectivity index (χ3n) is 5.34. The Kier molecular flexibility index (Phi) is 7.38. The smallest absolute Gasteiger partial charge is 0.290 e. The van der Waals surface area contributed by atoms with Crippen LogP contribution >= 0.6 is 0 Å². The van der Waals surface area contributed by atoms with Crippen LogP contribution in [-0.2, 0) is 11.2 Å². The lowest BCUT2D eigenvalue weighted by molar-refractivity contribution is -0.122. The van der Waals surface area contributed by atoms with Gasteiger partial charge in [-0.2, -0.15) is 0 Å². The second-order valence-corrected chi connectivity index (χ2v) is 7.47. The maximum atomic E-state index is 13.1. The largest absolute Gasteiger partial charge is 0.508 e. The molecule has 1 atom stereocenters. The van der Waals surface area contributed by atoms with Crippen molar-refractivity contribution in [1.29, 1.82) is 0 Å². The van der Waals surface area contributed by atoms with E-state index in [-0.39, 0.29) is 23.9 Å². The van der Waals surface area contributed by atoms with E-state index in [1.54, 1.807) is 24.3 Å². The molecule has 1 aliphatic heterocycles. The van der Waals surface area contributed by atoms with Crippen molar-refractivity contribution in [2.45, 2.75) is 12.8 Å². The number of aromatic hydroxyl groups is 1. The van der Waals surface area contributed by atoms with Crippen LogP contribution in [0.1, 0.15) is 22.3 Å². The van der Waals surface area contributed by atoms with E-state index in [2.05, 4.69) is 0 Å². The van der Waals surface area contributed by atoms with Gasteiger partial charge in [-0.3, -0.25) is 9.59 Å². The van der Waals surface area contributed by atoms with Crippen LogP contribution in [0.5, 0.6) is 5.75 Å². The number of benzene rings is 3. The number of hydrogen-bond acceptors (Lipinski definition) is 3. The van der Waals surface area contributed by atoms with Gasteiger partial charge >= 0.3 is 0 Å². The van der Waals surface area contributed by atoms with Gasteiger partial charge in [0.05, 0.1) is 0 Å². The summed E-state index contributed by atoms with van der Waals surface area (Å²) in [6.45, 7) is 1.26. The highest BCUT2D eigenvalue weighted by molar-refractivity contribution is 5.94. The van der Waals surface area contributed by atoms with E-state index >= 15 is 0 Å². The normalized spacial score (nSPS) is 15.1. The molecule has 5 nitrogen and oxygen atoms in total. The highest BCUT2D eigenvalue weighted by Crippen LogP contribution is 2.25. The summed E-state index contributed by atoms with van der Waals surface area (Å²) in [5.41, 5.74) is 3.75. The topological polar surface area (TPSA) is 77.8 Å². The number of carboxylic acid groups (broad SMARTS) is 1. The Bertz CT molecular complexity index is 1000. The summed E-state index contributed by atoms with van der Waals surface area (Å²) in [6.07, 6.45) is 1.90. The van der Waals surface area contributed by atoms with Crippen LogP contribution in [0.15, 0.2) is 72.8 Å². The van der Waals surface area contributed by atoms with Gasteiger partial charge in [0.15, 0.2) is 0 Å². The minimum absolute atomic E-state index is 0.0545. The van der Waals surface area contributed by atoms with Crippen LogP contribution in [-0.4, -0.2) is 40.6 Å². The zero-order valence-electron chi connectivity index (χ0n) is 16.9. The van der Waals surface area contributed by atoms with Gasteiger partial charge < -0.3 is 15.1 Å². The summed E-state index contributed by atoms with van der Waals surface area (Å²) in [5.74, 6) is 0.508. The Hall–Kier alpha value is -3.67. The first-order valence-corrected chi connectivity index (χ1v) is 10.0. The lowest BCUT2D eigenvalue weighted by Gasteiger charge is -2.17. The molecule has 1 fully saturated rings. The molecule has 1 aliphatic rings. The number of nitrogens with zero attached hydrogens (tertiary/aromatic N) is 1. The molecule has 1 heterocycles. The molecule has 1 amide bonds. The van der Waals surface area contributed by atoms with Gasteiger partial charge in [-0.05, 0) is 71.8 Å². The standard InChI is InChI=1S/C24H22FNO2.CH2O2/c25-22-9-7-20(8-10-22)19-3-5-21(6-4-19)24(28)26-14-13-18(16-26)15-17-1-11-23(27)12-2-17;2-1-3/h1-12,18,27H,13-16H2;1H,(H,2,3). The number of phenolic OH excluding ortho intramolecular Hbond substituents is 1. The Labute approximate surface area is 180 Å². The van der Waals surface area contributed by atoms with Gasteiger partial charge in [-0.25, -0.2) is 4.39 Å². The fourth-order valence-electron chi connectivity index (χ4n) is 3.78. The summed E-state index contributed by atoms with van der Waals surface area (Å²) in [5, 5.41) is 16.3. The molecule has 3 aromatic rings. The number of likely N-dealkylation sites (tertiary alicyclic amines) is 1. The first kappa shape index (κ1) is 22.0. The number of phenols is 1. The molecule has 2 N–H and O–H groups in total. The predicted octanol–water partition coefficient (Wildman–Crippen LogP) is 4.60. The van der Waals surface area contributed by atoms with Crippen LogP contribution in [0.25, 0.3) is 11.1 Å². The molecule has 0 aromatic heterocycles. The number of amides is 1. The first-order valence-electron chi connectivity index (χ1n) is 10.0. The van der Waals surface area contributed by atoms with Gasteiger partial charge in [0.2, 0.25) is 0 Å². The SMILES string of the molecule is O=C(c1ccc(-c2ccc(F)cc2)cc1)N1CCC(Cc2ccc(O)cc2)C1.O=CO. The van der Waals surface area contributed by atoms with E-state index in [0.717, 1.165) is 37.1 Å². The average Bonchev–Trinajstić information content (AvgIpc) is 3.25. The molecule has 0 radical (unpaired) electrons. The second kappa shape index (κ2) is 10.4. The molecule has 31 heavy (non-hydrogen) atoms. The number of hydrogen-bond donors (Lipinski definition) is 2. The molecular weight excluding hydrogens is 397 g/mol. The van der Waals surface area contributed by atoms with Crippen molar-refractivity contribution in [1.82, 2.24) is 4.90 Å². The van der Waals surface area contributed by atoms with Gasteiger partial charge in [0.1, 0.15) is 11.6 Å². The van der Waals surface area contributed by atoms with Gasteiger partial charge in [0, 0.05) is 18.7 Å². The number of halogens is 1. The lowest BCUT2D eigenvalue weighted by Crippen LogP contribution is -2.28. The summed E-state index contributed by atoms with van der Waals surface area (Å²) in [4.78, 5) is 23.1. The van der Waals surface area contributed by atoms with E-state index < -0.39 is 0 Å². The van der Waals surface area contributed by atoms with Gasteiger partial charge in [0.25, 0.3) is 12.4 Å². The van der Waals surface area contributed by atoms with Gasteiger partial charge in [-0.1, -0.05) is 36.4 Å². The monoisotopic (exact) mass is 421 g/mol. The van der Waals surface area contributed by atoms with Crippen LogP contribution in [0.3, 0.4) is 0 Å². The minimum atomic E-state index is -0.258. The van der Waals surface area contributed by atoms with E-state index in [1.165, 1.54) is 17.7 Å². The third-order valence-corrected chi connectivity index (χ3v) is 5.34. The molecule has 0 spiro atoms. The van der Waals surface area contributed by atoms with Crippen molar-refractivity contribution in [2.75, 3.05) is 13.1 Å². The lowest BCUT2D eigenvalue weighted by atomic mass is 9.99. The Balaban J connectivity index is 0.000000858. The summed E-state index contributed by atoms with van der Waals surface area (Å²) in [6, 6.07) is 21.1. The maximum Gasteiger partial charge on any atom is 0.290 e. The first-order chi connectivity index (χ1) is 15.0. The van der Waals surface area contributed by atoms with Crippen molar-refractivity contribution < 1.29 is 24.2 Å². The zero-order chi connectivity index (χ0) is 22.2. The molecular formula is C25H24FNO4. The Morgan fingerprint density at radius 2 is 1.52 bits per heavy atom.